The van der Waals surface area contributed by atoms with E-state index in [1.54, 1.807) is 18.5 Å². The normalized spacial score (nSPS) is 10.5. The molecule has 0 saturated carbocycles. The maximum absolute atomic E-state index is 7.37. The van der Waals surface area contributed by atoms with Gasteiger partial charge >= 0.3 is 0 Å². The topological polar surface area (TPSA) is 67.7 Å². The van der Waals surface area contributed by atoms with Crippen LogP contribution in [-0.2, 0) is 0 Å². The van der Waals surface area contributed by atoms with Gasteiger partial charge in [0.1, 0.15) is 5.84 Å². The van der Waals surface area contributed by atoms with Crippen molar-refractivity contribution in [3.63, 3.8) is 0 Å². The van der Waals surface area contributed by atoms with E-state index in [9.17, 15) is 0 Å². The summed E-state index contributed by atoms with van der Waals surface area (Å²) < 4.78 is 1.95. The summed E-state index contributed by atoms with van der Waals surface area (Å²) in [6.07, 6.45) is 1.75. The minimum Gasteiger partial charge on any atom is -0.384 e. The Morgan fingerprint density at radius 2 is 2.12 bits per heavy atom. The van der Waals surface area contributed by atoms with Gasteiger partial charge in [0.15, 0.2) is 0 Å². The number of nitrogens with zero attached hydrogens (tertiary/aromatic N) is 2. The first-order valence-electron chi connectivity index (χ1n) is 5.15. The Morgan fingerprint density at radius 3 is 2.59 bits per heavy atom. The third kappa shape index (κ3) is 2.03. The van der Waals surface area contributed by atoms with Gasteiger partial charge in [-0.1, -0.05) is 11.6 Å². The standard InChI is InChI=1S/C12H13ClN4/c1-7-8(2)17(6-16-7)9-3-4-10(12(14)15)11(13)5-9/h3-6H,1-2H3,(H3,14,15). The van der Waals surface area contributed by atoms with Crippen LogP contribution in [0.2, 0.25) is 5.02 Å². The van der Waals surface area contributed by atoms with E-state index in [0.717, 1.165) is 17.1 Å². The van der Waals surface area contributed by atoms with Crippen molar-refractivity contribution in [2.45, 2.75) is 13.8 Å². The SMILES string of the molecule is Cc1ncn(-c2ccc(C(=N)N)c(Cl)c2)c1C. The largest absolute Gasteiger partial charge is 0.384 e. The molecule has 0 radical (unpaired) electrons. The molecule has 0 amide bonds. The van der Waals surface area contributed by atoms with E-state index in [4.69, 9.17) is 22.7 Å². The van der Waals surface area contributed by atoms with Crippen LogP contribution in [0.5, 0.6) is 0 Å². The number of imidazole rings is 1. The van der Waals surface area contributed by atoms with Gasteiger partial charge in [0.2, 0.25) is 0 Å². The Balaban J connectivity index is 2.52. The molecule has 2 aromatic rings. The number of aromatic nitrogens is 2. The van der Waals surface area contributed by atoms with Crippen molar-refractivity contribution in [1.82, 2.24) is 9.55 Å². The fraction of sp³-hybridized carbons (Fsp3) is 0.167. The van der Waals surface area contributed by atoms with Crippen LogP contribution in [0.3, 0.4) is 0 Å². The van der Waals surface area contributed by atoms with Gasteiger partial charge in [-0.2, -0.15) is 0 Å². The van der Waals surface area contributed by atoms with Gasteiger partial charge in [0.25, 0.3) is 0 Å². The lowest BCUT2D eigenvalue weighted by Gasteiger charge is -2.08. The van der Waals surface area contributed by atoms with Gasteiger partial charge in [-0.15, -0.1) is 0 Å². The highest BCUT2D eigenvalue weighted by Gasteiger charge is 2.08. The molecule has 2 rings (SSSR count). The Bertz CT molecular complexity index is 586. The monoisotopic (exact) mass is 248 g/mol. The number of halogens is 1. The number of rotatable bonds is 2. The molecule has 0 spiro atoms. The smallest absolute Gasteiger partial charge is 0.124 e. The molecular formula is C12H13ClN4. The number of nitrogens with two attached hydrogens (primary N) is 1. The summed E-state index contributed by atoms with van der Waals surface area (Å²) >= 11 is 6.08. The average Bonchev–Trinajstić information content (AvgIpc) is 2.59. The van der Waals surface area contributed by atoms with E-state index in [0.29, 0.717) is 10.6 Å². The van der Waals surface area contributed by atoms with Crippen molar-refractivity contribution < 1.29 is 0 Å². The van der Waals surface area contributed by atoms with E-state index in [1.807, 2.05) is 24.5 Å². The summed E-state index contributed by atoms with van der Waals surface area (Å²) in [5, 5.41) is 7.84. The summed E-state index contributed by atoms with van der Waals surface area (Å²) in [5.74, 6) is -0.0277. The zero-order chi connectivity index (χ0) is 12.6. The molecule has 0 atom stereocenters. The van der Waals surface area contributed by atoms with Crippen molar-refractivity contribution in [2.24, 2.45) is 5.73 Å². The van der Waals surface area contributed by atoms with Crippen molar-refractivity contribution in [2.75, 3.05) is 0 Å². The van der Waals surface area contributed by atoms with Crippen molar-refractivity contribution >= 4 is 17.4 Å². The van der Waals surface area contributed by atoms with Gasteiger partial charge in [0, 0.05) is 16.9 Å². The maximum Gasteiger partial charge on any atom is 0.124 e. The molecule has 1 aromatic carbocycles. The van der Waals surface area contributed by atoms with Crippen LogP contribution in [0.25, 0.3) is 5.69 Å². The lowest BCUT2D eigenvalue weighted by atomic mass is 10.2. The highest BCUT2D eigenvalue weighted by molar-refractivity contribution is 6.34. The van der Waals surface area contributed by atoms with E-state index >= 15 is 0 Å². The van der Waals surface area contributed by atoms with Crippen LogP contribution in [0.4, 0.5) is 0 Å². The molecule has 0 unspecified atom stereocenters. The third-order valence-electron chi connectivity index (χ3n) is 2.77. The number of benzene rings is 1. The fourth-order valence-corrected chi connectivity index (χ4v) is 1.91. The molecule has 1 heterocycles. The first-order chi connectivity index (χ1) is 8.00. The molecule has 0 bridgehead atoms. The minimum atomic E-state index is -0.0277. The van der Waals surface area contributed by atoms with Crippen LogP contribution in [-0.4, -0.2) is 15.4 Å². The highest BCUT2D eigenvalue weighted by atomic mass is 35.5. The predicted molar refractivity (Wildman–Crippen MR) is 69.1 cm³/mol. The van der Waals surface area contributed by atoms with Crippen LogP contribution < -0.4 is 5.73 Å². The quantitative estimate of drug-likeness (QED) is 0.633. The fourth-order valence-electron chi connectivity index (χ4n) is 1.63. The molecular weight excluding hydrogens is 236 g/mol. The summed E-state index contributed by atoms with van der Waals surface area (Å²) in [5.41, 5.74) is 8.93. The zero-order valence-electron chi connectivity index (χ0n) is 9.66. The molecule has 0 aliphatic carbocycles. The number of nitrogens with one attached hydrogen (secondary N) is 1. The number of aryl methyl sites for hydroxylation is 1. The molecule has 0 saturated heterocycles. The Labute approximate surface area is 105 Å². The van der Waals surface area contributed by atoms with Gasteiger partial charge in [-0.05, 0) is 32.0 Å². The van der Waals surface area contributed by atoms with Crippen LogP contribution in [0.15, 0.2) is 24.5 Å². The molecule has 4 nitrogen and oxygen atoms in total. The van der Waals surface area contributed by atoms with E-state index in [2.05, 4.69) is 4.98 Å². The maximum atomic E-state index is 7.37. The molecule has 3 N–H and O–H groups in total. The molecule has 17 heavy (non-hydrogen) atoms. The highest BCUT2D eigenvalue weighted by Crippen LogP contribution is 2.21. The molecule has 88 valence electrons. The zero-order valence-corrected chi connectivity index (χ0v) is 10.4. The van der Waals surface area contributed by atoms with Crippen molar-refractivity contribution in [1.29, 1.82) is 5.41 Å². The predicted octanol–water partition coefficient (Wildman–Crippen LogP) is 2.43. The summed E-state index contributed by atoms with van der Waals surface area (Å²) in [6, 6.07) is 5.40. The number of nitrogen functional groups attached to an aromatic ring is 1. The van der Waals surface area contributed by atoms with Gasteiger partial charge in [-0.3, -0.25) is 5.41 Å². The molecule has 0 aliphatic rings. The van der Waals surface area contributed by atoms with E-state index in [-0.39, 0.29) is 5.84 Å². The molecule has 0 aliphatic heterocycles. The number of hydrogen-bond donors (Lipinski definition) is 2. The number of amidine groups is 1. The van der Waals surface area contributed by atoms with E-state index < -0.39 is 0 Å². The summed E-state index contributed by atoms with van der Waals surface area (Å²) in [4.78, 5) is 4.23. The second-order valence-corrected chi connectivity index (χ2v) is 4.27. The van der Waals surface area contributed by atoms with Crippen LogP contribution in [0.1, 0.15) is 17.0 Å². The third-order valence-corrected chi connectivity index (χ3v) is 3.09. The average molecular weight is 249 g/mol. The summed E-state index contributed by atoms with van der Waals surface area (Å²) in [6.45, 7) is 3.95. The lowest BCUT2D eigenvalue weighted by molar-refractivity contribution is 1.00. The summed E-state index contributed by atoms with van der Waals surface area (Å²) in [7, 11) is 0. The van der Waals surface area contributed by atoms with Gasteiger partial charge < -0.3 is 10.3 Å². The second kappa shape index (κ2) is 4.22. The van der Waals surface area contributed by atoms with Gasteiger partial charge in [-0.25, -0.2) is 4.98 Å². The Hall–Kier alpha value is -1.81. The lowest BCUT2D eigenvalue weighted by Crippen LogP contribution is -2.11. The molecule has 0 fully saturated rings. The molecule has 5 heteroatoms. The minimum absolute atomic E-state index is 0.0277. The second-order valence-electron chi connectivity index (χ2n) is 3.86. The number of hydrogen-bond acceptors (Lipinski definition) is 2. The Morgan fingerprint density at radius 1 is 1.41 bits per heavy atom. The van der Waals surface area contributed by atoms with Gasteiger partial charge in [0.05, 0.1) is 17.0 Å². The van der Waals surface area contributed by atoms with Crippen molar-refractivity contribution in [3.05, 3.63) is 46.5 Å². The molecule has 1 aromatic heterocycles. The van der Waals surface area contributed by atoms with Crippen LogP contribution >= 0.6 is 11.6 Å². The van der Waals surface area contributed by atoms with E-state index in [1.165, 1.54) is 0 Å². The van der Waals surface area contributed by atoms with Crippen LogP contribution in [0, 0.1) is 19.3 Å². The van der Waals surface area contributed by atoms with Crippen molar-refractivity contribution in [3.8, 4) is 5.69 Å². The Kier molecular flexibility index (Phi) is 2.90. The first kappa shape index (κ1) is 11.7. The first-order valence-corrected chi connectivity index (χ1v) is 5.53.